The summed E-state index contributed by atoms with van der Waals surface area (Å²) in [6.07, 6.45) is 7.10. The number of hydrogen-bond donors (Lipinski definition) is 1. The van der Waals surface area contributed by atoms with Crippen molar-refractivity contribution in [3.8, 4) is 0 Å². The summed E-state index contributed by atoms with van der Waals surface area (Å²) in [4.78, 5) is 15.2. The molecule has 0 spiro atoms. The molecule has 32 heavy (non-hydrogen) atoms. The molecule has 2 fully saturated rings. The molecule has 1 aliphatic heterocycles. The quantitative estimate of drug-likeness (QED) is 0.675. The molecule has 0 bridgehead atoms. The van der Waals surface area contributed by atoms with Gasteiger partial charge in [0.2, 0.25) is 10.0 Å². The largest absolute Gasteiger partial charge is 0.349 e. The van der Waals surface area contributed by atoms with E-state index in [4.69, 9.17) is 0 Å². The Bertz CT molecular complexity index is 977. The van der Waals surface area contributed by atoms with Crippen molar-refractivity contribution in [2.75, 3.05) is 26.2 Å². The third-order valence-corrected chi connectivity index (χ3v) is 8.44. The monoisotopic (exact) mass is 455 g/mol. The van der Waals surface area contributed by atoms with Crippen LogP contribution in [0.1, 0.15) is 54.4 Å². The van der Waals surface area contributed by atoms with Crippen LogP contribution in [0, 0.1) is 0 Å². The van der Waals surface area contributed by atoms with E-state index in [9.17, 15) is 13.2 Å². The van der Waals surface area contributed by atoms with Gasteiger partial charge in [0.1, 0.15) is 0 Å². The van der Waals surface area contributed by atoms with Gasteiger partial charge in [0.25, 0.3) is 5.91 Å². The number of sulfonamides is 1. The molecule has 1 saturated carbocycles. The molecule has 2 aromatic rings. The van der Waals surface area contributed by atoms with Crippen molar-refractivity contribution < 1.29 is 13.2 Å². The number of piperazine rings is 1. The molecule has 4 rings (SSSR count). The lowest BCUT2D eigenvalue weighted by molar-refractivity contribution is 0.0933. The zero-order valence-corrected chi connectivity index (χ0v) is 19.4. The highest BCUT2D eigenvalue weighted by Gasteiger charge is 2.28. The third kappa shape index (κ3) is 5.77. The summed E-state index contributed by atoms with van der Waals surface area (Å²) < 4.78 is 27.1. The van der Waals surface area contributed by atoms with Gasteiger partial charge in [-0.25, -0.2) is 8.42 Å². The molecule has 1 N–H and O–H groups in total. The molecule has 0 radical (unpaired) electrons. The Kier molecular flexibility index (Phi) is 7.60. The maximum absolute atomic E-state index is 12.8. The minimum absolute atomic E-state index is 0.0168. The second-order valence-electron chi connectivity index (χ2n) is 8.85. The fourth-order valence-corrected chi connectivity index (χ4v) is 6.02. The molecule has 0 atom stereocenters. The first-order chi connectivity index (χ1) is 15.5. The van der Waals surface area contributed by atoms with Crippen LogP contribution in [-0.2, 0) is 16.6 Å². The Labute approximate surface area is 191 Å². The molecular formula is C25H33N3O3S. The molecule has 1 aliphatic carbocycles. The van der Waals surface area contributed by atoms with Gasteiger partial charge in [-0.1, -0.05) is 56.0 Å². The number of benzene rings is 2. The summed E-state index contributed by atoms with van der Waals surface area (Å²) in [5, 5.41) is 3.20. The van der Waals surface area contributed by atoms with Crippen LogP contribution in [0.25, 0.3) is 0 Å². The molecule has 7 heteroatoms. The summed E-state index contributed by atoms with van der Waals surface area (Å²) in [7, 11) is -3.43. The summed E-state index contributed by atoms with van der Waals surface area (Å²) in [6, 6.07) is 16.7. The maximum atomic E-state index is 12.8. The Balaban J connectivity index is 1.28. The molecule has 0 unspecified atom stereocenters. The first-order valence-electron chi connectivity index (χ1n) is 11.7. The van der Waals surface area contributed by atoms with E-state index >= 15 is 0 Å². The first-order valence-corrected chi connectivity index (χ1v) is 13.1. The van der Waals surface area contributed by atoms with Gasteiger partial charge in [-0.05, 0) is 42.7 Å². The van der Waals surface area contributed by atoms with Gasteiger partial charge in [-0.15, -0.1) is 0 Å². The molecule has 2 aromatic carbocycles. The number of carbonyl (C=O) groups excluding carboxylic acids is 1. The van der Waals surface area contributed by atoms with Crippen LogP contribution in [0.3, 0.4) is 0 Å². The predicted octanol–water partition coefficient (Wildman–Crippen LogP) is 3.65. The number of hydrogen-bond acceptors (Lipinski definition) is 4. The second-order valence-corrected chi connectivity index (χ2v) is 10.8. The fourth-order valence-electron chi connectivity index (χ4n) is 4.58. The van der Waals surface area contributed by atoms with E-state index in [1.54, 1.807) is 28.6 Å². The number of rotatable bonds is 6. The van der Waals surface area contributed by atoms with Gasteiger partial charge < -0.3 is 5.32 Å². The highest BCUT2D eigenvalue weighted by Crippen LogP contribution is 2.19. The van der Waals surface area contributed by atoms with Crippen LogP contribution in [0.2, 0.25) is 0 Å². The van der Waals surface area contributed by atoms with E-state index in [1.807, 2.05) is 30.3 Å². The van der Waals surface area contributed by atoms with E-state index in [2.05, 4.69) is 10.2 Å². The zero-order chi connectivity index (χ0) is 22.4. The van der Waals surface area contributed by atoms with E-state index in [1.165, 1.54) is 25.7 Å². The normalized spacial score (nSPS) is 19.4. The van der Waals surface area contributed by atoms with Crippen molar-refractivity contribution >= 4 is 15.9 Å². The predicted molar refractivity (Wildman–Crippen MR) is 126 cm³/mol. The van der Waals surface area contributed by atoms with Gasteiger partial charge in [0.15, 0.2) is 0 Å². The lowest BCUT2D eigenvalue weighted by atomic mass is 10.1. The van der Waals surface area contributed by atoms with Crippen molar-refractivity contribution in [3.63, 3.8) is 0 Å². The Morgan fingerprint density at radius 3 is 2.09 bits per heavy atom. The minimum Gasteiger partial charge on any atom is -0.349 e. The minimum atomic E-state index is -3.43. The molecule has 1 amide bonds. The van der Waals surface area contributed by atoms with Gasteiger partial charge in [-0.3, -0.25) is 9.69 Å². The molecule has 6 nitrogen and oxygen atoms in total. The molecule has 1 saturated heterocycles. The van der Waals surface area contributed by atoms with Crippen LogP contribution in [0.4, 0.5) is 0 Å². The van der Waals surface area contributed by atoms with Gasteiger partial charge in [-0.2, -0.15) is 4.31 Å². The van der Waals surface area contributed by atoms with Gasteiger partial charge in [0.05, 0.1) is 4.90 Å². The summed E-state index contributed by atoms with van der Waals surface area (Å²) in [5.74, 6) is 0.0168. The van der Waals surface area contributed by atoms with E-state index in [0.717, 1.165) is 24.9 Å². The van der Waals surface area contributed by atoms with Gasteiger partial charge >= 0.3 is 0 Å². The maximum Gasteiger partial charge on any atom is 0.251 e. The molecule has 1 heterocycles. The Morgan fingerprint density at radius 1 is 0.844 bits per heavy atom. The highest BCUT2D eigenvalue weighted by atomic mass is 32.2. The number of nitrogens with one attached hydrogen (secondary N) is 1. The van der Waals surface area contributed by atoms with Crippen LogP contribution >= 0.6 is 0 Å². The average molecular weight is 456 g/mol. The van der Waals surface area contributed by atoms with Crippen molar-refractivity contribution in [2.45, 2.75) is 56.0 Å². The topological polar surface area (TPSA) is 69.7 Å². The van der Waals surface area contributed by atoms with Crippen LogP contribution < -0.4 is 5.32 Å². The van der Waals surface area contributed by atoms with Crippen molar-refractivity contribution in [1.29, 1.82) is 0 Å². The van der Waals surface area contributed by atoms with E-state index in [0.29, 0.717) is 42.7 Å². The first kappa shape index (κ1) is 23.0. The zero-order valence-electron chi connectivity index (χ0n) is 18.6. The number of amides is 1. The van der Waals surface area contributed by atoms with E-state index in [-0.39, 0.29) is 5.91 Å². The molecular weight excluding hydrogens is 422 g/mol. The SMILES string of the molecule is O=C(NC1CCCCCC1)c1ccc(CN2CCN(S(=O)(=O)c3ccccc3)CC2)cc1. The number of nitrogens with zero attached hydrogens (tertiary/aromatic N) is 2. The van der Waals surface area contributed by atoms with Gasteiger partial charge in [0, 0.05) is 44.3 Å². The van der Waals surface area contributed by atoms with E-state index < -0.39 is 10.0 Å². The van der Waals surface area contributed by atoms with Crippen molar-refractivity contribution in [3.05, 3.63) is 65.7 Å². The van der Waals surface area contributed by atoms with Crippen LogP contribution in [-0.4, -0.2) is 55.8 Å². The third-order valence-electron chi connectivity index (χ3n) is 6.52. The molecule has 0 aromatic heterocycles. The van der Waals surface area contributed by atoms with Crippen LogP contribution in [0.15, 0.2) is 59.5 Å². The summed E-state index contributed by atoms with van der Waals surface area (Å²) >= 11 is 0. The summed E-state index contributed by atoms with van der Waals surface area (Å²) in [5.41, 5.74) is 1.84. The fraction of sp³-hybridized carbons (Fsp3) is 0.480. The average Bonchev–Trinajstić information content (AvgIpc) is 3.09. The molecule has 172 valence electrons. The van der Waals surface area contributed by atoms with Crippen molar-refractivity contribution in [2.24, 2.45) is 0 Å². The lowest BCUT2D eigenvalue weighted by Crippen LogP contribution is -2.48. The smallest absolute Gasteiger partial charge is 0.251 e. The molecule has 2 aliphatic rings. The Morgan fingerprint density at radius 2 is 1.47 bits per heavy atom. The standard InChI is InChI=1S/C25H33N3O3S/c29-25(26-23-8-4-1-2-5-9-23)22-14-12-21(13-15-22)20-27-16-18-28(19-17-27)32(30,31)24-10-6-3-7-11-24/h3,6-7,10-15,23H,1-2,4-5,8-9,16-20H2,(H,26,29). The second kappa shape index (κ2) is 10.6. The number of carbonyl (C=O) groups is 1. The Hall–Kier alpha value is -2.22. The highest BCUT2D eigenvalue weighted by molar-refractivity contribution is 7.89. The van der Waals surface area contributed by atoms with Crippen molar-refractivity contribution in [1.82, 2.24) is 14.5 Å². The van der Waals surface area contributed by atoms with Crippen LogP contribution in [0.5, 0.6) is 0 Å². The lowest BCUT2D eigenvalue weighted by Gasteiger charge is -2.34. The summed E-state index contributed by atoms with van der Waals surface area (Å²) in [6.45, 7) is 3.11.